The Bertz CT molecular complexity index is 718. The zero-order valence-electron chi connectivity index (χ0n) is 10.4. The molecular weight excluding hydrogens is 290 g/mol. The summed E-state index contributed by atoms with van der Waals surface area (Å²) in [6.07, 6.45) is 0.664. The number of rotatable bonds is 4. The Morgan fingerprint density at radius 1 is 1.15 bits per heavy atom. The molecule has 0 atom stereocenters. The highest BCUT2D eigenvalue weighted by molar-refractivity contribution is 7.16. The van der Waals surface area contributed by atoms with Gasteiger partial charge in [-0.15, -0.1) is 22.7 Å². The maximum absolute atomic E-state index is 11.4. The topological polar surface area (TPSA) is 50.2 Å². The van der Waals surface area contributed by atoms with Crippen molar-refractivity contribution in [1.82, 2.24) is 4.98 Å². The smallest absolute Gasteiger partial charge is 0.348 e. The summed E-state index contributed by atoms with van der Waals surface area (Å²) in [5, 5.41) is 12.1. The van der Waals surface area contributed by atoms with E-state index >= 15 is 0 Å². The van der Waals surface area contributed by atoms with Crippen LogP contribution >= 0.6 is 22.7 Å². The molecule has 0 aliphatic carbocycles. The molecule has 100 valence electrons. The summed E-state index contributed by atoms with van der Waals surface area (Å²) in [5.41, 5.74) is 1.72. The van der Waals surface area contributed by atoms with Crippen molar-refractivity contribution >= 4 is 28.6 Å². The third-order valence-electron chi connectivity index (χ3n) is 2.82. The maximum atomic E-state index is 11.4. The number of nitrogens with zero attached hydrogens (tertiary/aromatic N) is 1. The lowest BCUT2D eigenvalue weighted by Gasteiger charge is -1.95. The number of thiazole rings is 1. The first kappa shape index (κ1) is 13.0. The number of aromatic carboxylic acids is 1. The zero-order valence-corrected chi connectivity index (χ0v) is 12.1. The first-order valence-corrected chi connectivity index (χ1v) is 7.74. The lowest BCUT2D eigenvalue weighted by molar-refractivity contribution is 0.0703. The van der Waals surface area contributed by atoms with Crippen molar-refractivity contribution in [3.63, 3.8) is 0 Å². The molecule has 3 aromatic rings. The minimum absolute atomic E-state index is 0.318. The van der Waals surface area contributed by atoms with Crippen LogP contribution in [0.15, 0.2) is 47.8 Å². The molecule has 0 spiro atoms. The molecule has 0 aliphatic heterocycles. The Kier molecular flexibility index (Phi) is 3.62. The van der Waals surface area contributed by atoms with Gasteiger partial charge in [-0.25, -0.2) is 9.78 Å². The highest BCUT2D eigenvalue weighted by Gasteiger charge is 2.19. The summed E-state index contributed by atoms with van der Waals surface area (Å²) in [6.45, 7) is 0. The first-order chi connectivity index (χ1) is 9.74. The molecule has 2 aromatic heterocycles. The molecule has 5 heteroatoms. The number of carboxylic acid groups (broad SMARTS) is 1. The minimum atomic E-state index is -0.912. The van der Waals surface area contributed by atoms with Crippen LogP contribution in [0.3, 0.4) is 0 Å². The summed E-state index contributed by atoms with van der Waals surface area (Å²) >= 11 is 2.76. The Morgan fingerprint density at radius 2 is 1.95 bits per heavy atom. The Morgan fingerprint density at radius 3 is 2.60 bits per heavy atom. The molecule has 2 heterocycles. The van der Waals surface area contributed by atoms with Gasteiger partial charge in [0.2, 0.25) is 0 Å². The largest absolute Gasteiger partial charge is 0.477 e. The molecule has 0 radical (unpaired) electrons. The van der Waals surface area contributed by atoms with Crippen LogP contribution in [-0.4, -0.2) is 16.1 Å². The summed E-state index contributed by atoms with van der Waals surface area (Å²) < 4.78 is 0. The van der Waals surface area contributed by atoms with Crippen molar-refractivity contribution in [2.24, 2.45) is 0 Å². The molecule has 0 saturated heterocycles. The maximum Gasteiger partial charge on any atom is 0.348 e. The van der Waals surface area contributed by atoms with E-state index in [1.807, 2.05) is 47.8 Å². The van der Waals surface area contributed by atoms with Gasteiger partial charge in [0.15, 0.2) is 0 Å². The summed E-state index contributed by atoms with van der Waals surface area (Å²) in [5.74, 6) is -0.912. The molecule has 1 N–H and O–H groups in total. The molecule has 0 aliphatic rings. The Labute approximate surface area is 124 Å². The van der Waals surface area contributed by atoms with E-state index in [9.17, 15) is 9.90 Å². The van der Waals surface area contributed by atoms with E-state index in [-0.39, 0.29) is 0 Å². The van der Waals surface area contributed by atoms with Crippen LogP contribution in [0.4, 0.5) is 0 Å². The van der Waals surface area contributed by atoms with Crippen LogP contribution in [0.2, 0.25) is 0 Å². The third kappa shape index (κ3) is 2.64. The molecule has 3 rings (SSSR count). The highest BCUT2D eigenvalue weighted by Crippen LogP contribution is 2.32. The monoisotopic (exact) mass is 301 g/mol. The van der Waals surface area contributed by atoms with Gasteiger partial charge in [0.1, 0.15) is 10.6 Å². The average molecular weight is 301 g/mol. The predicted molar refractivity (Wildman–Crippen MR) is 81.6 cm³/mol. The van der Waals surface area contributed by atoms with Gasteiger partial charge >= 0.3 is 5.97 Å². The van der Waals surface area contributed by atoms with Gasteiger partial charge in [-0.2, -0.15) is 0 Å². The van der Waals surface area contributed by atoms with Crippen LogP contribution in [0.1, 0.15) is 20.2 Å². The zero-order chi connectivity index (χ0) is 13.9. The number of carboxylic acids is 1. The molecule has 0 bridgehead atoms. The second-order valence-electron chi connectivity index (χ2n) is 4.23. The van der Waals surface area contributed by atoms with Crippen molar-refractivity contribution in [3.05, 3.63) is 63.3 Å². The quantitative estimate of drug-likeness (QED) is 0.787. The van der Waals surface area contributed by atoms with E-state index in [2.05, 4.69) is 4.98 Å². The van der Waals surface area contributed by atoms with E-state index in [1.165, 1.54) is 22.7 Å². The van der Waals surface area contributed by atoms with Gasteiger partial charge < -0.3 is 5.11 Å². The van der Waals surface area contributed by atoms with Crippen LogP contribution in [0, 0.1) is 0 Å². The van der Waals surface area contributed by atoms with Crippen molar-refractivity contribution in [2.75, 3.05) is 0 Å². The minimum Gasteiger partial charge on any atom is -0.477 e. The van der Waals surface area contributed by atoms with E-state index in [0.29, 0.717) is 17.0 Å². The van der Waals surface area contributed by atoms with E-state index in [0.717, 1.165) is 15.4 Å². The van der Waals surface area contributed by atoms with Crippen LogP contribution in [0.5, 0.6) is 0 Å². The van der Waals surface area contributed by atoms with Gasteiger partial charge in [0.25, 0.3) is 0 Å². The molecule has 20 heavy (non-hydrogen) atoms. The molecule has 0 unspecified atom stereocenters. The lowest BCUT2D eigenvalue weighted by atomic mass is 10.2. The SMILES string of the molecule is O=C(O)c1sc(Cc2ccccc2)nc1-c1cccs1. The number of benzene rings is 1. The second kappa shape index (κ2) is 5.56. The number of carbonyl (C=O) groups is 1. The van der Waals surface area contributed by atoms with Crippen LogP contribution in [-0.2, 0) is 6.42 Å². The molecule has 3 nitrogen and oxygen atoms in total. The fourth-order valence-corrected chi connectivity index (χ4v) is 3.67. The summed E-state index contributed by atoms with van der Waals surface area (Å²) in [4.78, 5) is 17.1. The van der Waals surface area contributed by atoms with Gasteiger partial charge in [-0.05, 0) is 17.0 Å². The van der Waals surface area contributed by atoms with Gasteiger partial charge in [0.05, 0.1) is 9.88 Å². The molecule has 0 saturated carbocycles. The molecule has 1 aromatic carbocycles. The van der Waals surface area contributed by atoms with Gasteiger partial charge in [-0.3, -0.25) is 0 Å². The van der Waals surface area contributed by atoms with Crippen LogP contribution < -0.4 is 0 Å². The molecule has 0 amide bonds. The van der Waals surface area contributed by atoms with Crippen molar-refractivity contribution in [3.8, 4) is 10.6 Å². The molecule has 0 fully saturated rings. The number of hydrogen-bond acceptors (Lipinski definition) is 4. The fourth-order valence-electron chi connectivity index (χ4n) is 1.94. The normalized spacial score (nSPS) is 10.6. The van der Waals surface area contributed by atoms with E-state index in [4.69, 9.17) is 0 Å². The summed E-state index contributed by atoms with van der Waals surface area (Å²) in [7, 11) is 0. The number of hydrogen-bond donors (Lipinski definition) is 1. The van der Waals surface area contributed by atoms with Crippen molar-refractivity contribution < 1.29 is 9.90 Å². The van der Waals surface area contributed by atoms with E-state index < -0.39 is 5.97 Å². The highest BCUT2D eigenvalue weighted by atomic mass is 32.1. The second-order valence-corrected chi connectivity index (χ2v) is 6.26. The Hall–Kier alpha value is -1.98. The predicted octanol–water partition coefficient (Wildman–Crippen LogP) is 4.16. The first-order valence-electron chi connectivity index (χ1n) is 6.05. The van der Waals surface area contributed by atoms with Crippen molar-refractivity contribution in [2.45, 2.75) is 6.42 Å². The van der Waals surface area contributed by atoms with Gasteiger partial charge in [0, 0.05) is 6.42 Å². The number of aromatic nitrogens is 1. The van der Waals surface area contributed by atoms with Crippen molar-refractivity contribution in [1.29, 1.82) is 0 Å². The number of thiophene rings is 1. The van der Waals surface area contributed by atoms with Crippen LogP contribution in [0.25, 0.3) is 10.6 Å². The lowest BCUT2D eigenvalue weighted by Crippen LogP contribution is -1.94. The summed E-state index contributed by atoms with van der Waals surface area (Å²) in [6, 6.07) is 13.8. The third-order valence-corrected chi connectivity index (χ3v) is 4.74. The fraction of sp³-hybridized carbons (Fsp3) is 0.0667. The van der Waals surface area contributed by atoms with E-state index in [1.54, 1.807) is 0 Å². The Balaban J connectivity index is 1.98. The average Bonchev–Trinajstić information content (AvgIpc) is 3.08. The molecular formula is C15H11NO2S2. The van der Waals surface area contributed by atoms with Gasteiger partial charge in [-0.1, -0.05) is 36.4 Å². The standard InChI is InChI=1S/C15H11NO2S2/c17-15(18)14-13(11-7-4-8-19-11)16-12(20-14)9-10-5-2-1-3-6-10/h1-8H,9H2,(H,17,18).